The van der Waals surface area contributed by atoms with Crippen LogP contribution in [-0.2, 0) is 9.22 Å². The van der Waals surface area contributed by atoms with Gasteiger partial charge in [-0.05, 0) is 24.6 Å². The Morgan fingerprint density at radius 2 is 0.923 bits per heavy atom. The quantitative estimate of drug-likeness (QED) is 0.165. The molecule has 0 heterocycles. The Bertz CT molecular complexity index is 305. The molecule has 0 atom stereocenters. The van der Waals surface area contributed by atoms with E-state index >= 15 is 0 Å². The Kier molecular flexibility index (Phi) is 17.9. The van der Waals surface area contributed by atoms with Crippen molar-refractivity contribution in [3.63, 3.8) is 0 Å². The molecular weight excluding hydrogens is 336 g/mol. The van der Waals surface area contributed by atoms with Crippen molar-refractivity contribution in [1.82, 2.24) is 0 Å². The predicted octanol–water partition coefficient (Wildman–Crippen LogP) is 8.41. The summed E-state index contributed by atoms with van der Waals surface area (Å²) in [6, 6.07) is 3.18. The van der Waals surface area contributed by atoms with E-state index in [1.165, 1.54) is 83.5 Å². The summed E-state index contributed by atoms with van der Waals surface area (Å²) in [4.78, 5) is 12.1. The first kappa shape index (κ1) is 25.7. The molecule has 0 aliphatic heterocycles. The van der Waals surface area contributed by atoms with Gasteiger partial charge < -0.3 is 4.43 Å². The highest BCUT2D eigenvalue weighted by Gasteiger charge is 2.32. The minimum atomic E-state index is -1.74. The van der Waals surface area contributed by atoms with Gasteiger partial charge in [-0.15, -0.1) is 0 Å². The molecule has 3 heteroatoms. The lowest BCUT2D eigenvalue weighted by molar-refractivity contribution is -0.135. The molecule has 0 amide bonds. The molecule has 0 aromatic rings. The number of hydrogen-bond donors (Lipinski definition) is 0. The molecule has 0 unspecified atom stereocenters. The SMILES string of the molecule is CCCCCCCCCCCCCCCCC(=O)O[Si](CC)(CC)CC. The maximum Gasteiger partial charge on any atom is 0.292 e. The van der Waals surface area contributed by atoms with E-state index < -0.39 is 8.32 Å². The molecule has 0 saturated carbocycles. The van der Waals surface area contributed by atoms with Gasteiger partial charge in [0.25, 0.3) is 14.3 Å². The molecule has 0 bridgehead atoms. The second-order valence-corrected chi connectivity index (χ2v) is 12.8. The third kappa shape index (κ3) is 13.8. The largest absolute Gasteiger partial charge is 0.519 e. The fourth-order valence-corrected chi connectivity index (χ4v) is 6.24. The zero-order valence-corrected chi connectivity index (χ0v) is 19.5. The highest BCUT2D eigenvalue weighted by atomic mass is 28.4. The average Bonchev–Trinajstić information content (AvgIpc) is 2.66. The second-order valence-electron chi connectivity index (χ2n) is 8.06. The molecule has 0 N–H and O–H groups in total. The molecule has 0 aromatic carbocycles. The van der Waals surface area contributed by atoms with E-state index in [-0.39, 0.29) is 5.97 Å². The third-order valence-corrected chi connectivity index (χ3v) is 10.5. The summed E-state index contributed by atoms with van der Waals surface area (Å²) in [6.45, 7) is 8.82. The number of hydrogen-bond acceptors (Lipinski definition) is 2. The highest BCUT2D eigenvalue weighted by Crippen LogP contribution is 2.22. The second kappa shape index (κ2) is 18.1. The fourth-order valence-electron chi connectivity index (χ4n) is 3.72. The van der Waals surface area contributed by atoms with Crippen LogP contribution in [0.25, 0.3) is 0 Å². The van der Waals surface area contributed by atoms with Gasteiger partial charge in [0.05, 0.1) is 0 Å². The van der Waals surface area contributed by atoms with Crippen molar-refractivity contribution in [2.24, 2.45) is 0 Å². The molecule has 0 aliphatic rings. The molecular formula is C23H48O2Si. The third-order valence-electron chi connectivity index (χ3n) is 6.00. The van der Waals surface area contributed by atoms with Crippen LogP contribution in [0.1, 0.15) is 124 Å². The molecule has 0 saturated heterocycles. The van der Waals surface area contributed by atoms with E-state index in [4.69, 9.17) is 4.43 Å². The minimum absolute atomic E-state index is 0.0705. The molecule has 0 rings (SSSR count). The zero-order valence-electron chi connectivity index (χ0n) is 18.5. The Labute approximate surface area is 166 Å². The Hall–Kier alpha value is -0.313. The normalized spacial score (nSPS) is 11.7. The van der Waals surface area contributed by atoms with Crippen LogP contribution in [0.3, 0.4) is 0 Å². The van der Waals surface area contributed by atoms with Gasteiger partial charge in [-0.2, -0.15) is 0 Å². The van der Waals surface area contributed by atoms with Gasteiger partial charge in [0.1, 0.15) is 0 Å². The summed E-state index contributed by atoms with van der Waals surface area (Å²) >= 11 is 0. The van der Waals surface area contributed by atoms with Crippen molar-refractivity contribution in [1.29, 1.82) is 0 Å². The molecule has 0 radical (unpaired) electrons. The van der Waals surface area contributed by atoms with Crippen LogP contribution in [0.5, 0.6) is 0 Å². The lowest BCUT2D eigenvalue weighted by Crippen LogP contribution is -2.38. The standard InChI is InChI=1S/C23H48O2Si/c1-5-9-10-11-12-13-14-15-16-17-18-19-20-21-22-23(24)25-26(6-2,7-3)8-4/h5-22H2,1-4H3. The van der Waals surface area contributed by atoms with E-state index in [1.807, 2.05) is 0 Å². The summed E-state index contributed by atoms with van der Waals surface area (Å²) in [5.74, 6) is 0.0705. The van der Waals surface area contributed by atoms with Gasteiger partial charge >= 0.3 is 0 Å². The lowest BCUT2D eigenvalue weighted by Gasteiger charge is -2.27. The smallest absolute Gasteiger partial charge is 0.292 e. The monoisotopic (exact) mass is 384 g/mol. The summed E-state index contributed by atoms with van der Waals surface area (Å²) in [5, 5.41) is 0. The molecule has 0 aromatic heterocycles. The van der Waals surface area contributed by atoms with E-state index in [1.54, 1.807) is 0 Å². The van der Waals surface area contributed by atoms with Gasteiger partial charge in [-0.25, -0.2) is 0 Å². The minimum Gasteiger partial charge on any atom is -0.519 e. The average molecular weight is 385 g/mol. The molecule has 156 valence electrons. The first-order valence-electron chi connectivity index (χ1n) is 11.9. The van der Waals surface area contributed by atoms with Crippen LogP contribution < -0.4 is 0 Å². The number of carbonyl (C=O) groups is 1. The van der Waals surface area contributed by atoms with Crippen LogP contribution in [0.15, 0.2) is 0 Å². The predicted molar refractivity (Wildman–Crippen MR) is 118 cm³/mol. The van der Waals surface area contributed by atoms with Gasteiger partial charge in [0.2, 0.25) is 0 Å². The lowest BCUT2D eigenvalue weighted by atomic mass is 10.0. The van der Waals surface area contributed by atoms with Gasteiger partial charge in [0.15, 0.2) is 0 Å². The van der Waals surface area contributed by atoms with Crippen LogP contribution >= 0.6 is 0 Å². The van der Waals surface area contributed by atoms with Crippen molar-refractivity contribution >= 4 is 14.3 Å². The molecule has 0 aliphatic carbocycles. The van der Waals surface area contributed by atoms with Crippen LogP contribution in [0.4, 0.5) is 0 Å². The summed E-state index contributed by atoms with van der Waals surface area (Å²) in [6.07, 6.45) is 19.6. The number of rotatable bonds is 19. The summed E-state index contributed by atoms with van der Waals surface area (Å²) in [7, 11) is -1.74. The van der Waals surface area contributed by atoms with E-state index in [0.29, 0.717) is 6.42 Å². The van der Waals surface area contributed by atoms with Crippen LogP contribution in [0.2, 0.25) is 18.1 Å². The van der Waals surface area contributed by atoms with E-state index in [0.717, 1.165) is 24.6 Å². The van der Waals surface area contributed by atoms with Crippen LogP contribution in [0, 0.1) is 0 Å². The summed E-state index contributed by atoms with van der Waals surface area (Å²) in [5.41, 5.74) is 0. The van der Waals surface area contributed by atoms with Crippen molar-refractivity contribution in [3.8, 4) is 0 Å². The summed E-state index contributed by atoms with van der Waals surface area (Å²) < 4.78 is 5.90. The van der Waals surface area contributed by atoms with Crippen molar-refractivity contribution in [2.45, 2.75) is 142 Å². The molecule has 2 nitrogen and oxygen atoms in total. The maximum atomic E-state index is 12.1. The highest BCUT2D eigenvalue weighted by molar-refractivity contribution is 6.74. The van der Waals surface area contributed by atoms with E-state index in [9.17, 15) is 4.79 Å². The van der Waals surface area contributed by atoms with Gasteiger partial charge in [0, 0.05) is 6.42 Å². The first-order chi connectivity index (χ1) is 12.6. The molecule has 26 heavy (non-hydrogen) atoms. The molecule has 0 spiro atoms. The topological polar surface area (TPSA) is 26.3 Å². The first-order valence-corrected chi connectivity index (χ1v) is 14.4. The zero-order chi connectivity index (χ0) is 19.5. The number of carbonyl (C=O) groups excluding carboxylic acids is 1. The van der Waals surface area contributed by atoms with Crippen molar-refractivity contribution in [3.05, 3.63) is 0 Å². The fraction of sp³-hybridized carbons (Fsp3) is 0.957. The van der Waals surface area contributed by atoms with Gasteiger partial charge in [-0.3, -0.25) is 4.79 Å². The molecule has 0 fully saturated rings. The maximum absolute atomic E-state index is 12.1. The Morgan fingerprint density at radius 3 is 1.27 bits per heavy atom. The van der Waals surface area contributed by atoms with E-state index in [2.05, 4.69) is 27.7 Å². The Balaban J connectivity index is 3.39. The number of unbranched alkanes of at least 4 members (excludes halogenated alkanes) is 13. The van der Waals surface area contributed by atoms with Crippen molar-refractivity contribution in [2.75, 3.05) is 0 Å². The van der Waals surface area contributed by atoms with Crippen LogP contribution in [-0.4, -0.2) is 14.3 Å². The van der Waals surface area contributed by atoms with Gasteiger partial charge in [-0.1, -0.05) is 111 Å². The Morgan fingerprint density at radius 1 is 0.577 bits per heavy atom. The van der Waals surface area contributed by atoms with Crippen molar-refractivity contribution < 1.29 is 9.22 Å².